The van der Waals surface area contributed by atoms with Gasteiger partial charge < -0.3 is 5.32 Å². The number of hydrogen-bond acceptors (Lipinski definition) is 7. The summed E-state index contributed by atoms with van der Waals surface area (Å²) in [6, 6.07) is 0. The number of aromatic nitrogens is 2. The molecule has 2 N–H and O–H groups in total. The Morgan fingerprint density at radius 1 is 1.55 bits per heavy atom. The van der Waals surface area contributed by atoms with Gasteiger partial charge in [-0.2, -0.15) is 5.01 Å². The number of hydrogen-bond donors (Lipinski definition) is 2. The lowest BCUT2D eigenvalue weighted by molar-refractivity contribution is -0.758. The van der Waals surface area contributed by atoms with Crippen LogP contribution in [0.5, 0.6) is 0 Å². The van der Waals surface area contributed by atoms with E-state index in [-0.39, 0.29) is 17.4 Å². The Balaban J connectivity index is 1.79. The van der Waals surface area contributed by atoms with Crippen LogP contribution in [0.3, 0.4) is 0 Å². The molecule has 2 rings (SSSR count). The number of carbonyl (C=O) groups excluding carboxylic acids is 2. The van der Waals surface area contributed by atoms with Crippen molar-refractivity contribution in [2.45, 2.75) is 13.3 Å². The number of anilines is 1. The van der Waals surface area contributed by atoms with Crippen molar-refractivity contribution in [2.24, 2.45) is 0 Å². The third kappa shape index (κ3) is 4.49. The average molecular weight is 300 g/mol. The quantitative estimate of drug-likeness (QED) is 0.682. The average Bonchev–Trinajstić information content (AvgIpc) is 2.88. The smallest absolute Gasteiger partial charge is 0.305 e. The number of carbonyl (C=O) groups is 2. The molecule has 1 saturated heterocycles. The van der Waals surface area contributed by atoms with Crippen LogP contribution in [-0.2, 0) is 9.59 Å². The second-order valence-corrected chi connectivity index (χ2v) is 5.60. The zero-order valence-electron chi connectivity index (χ0n) is 11.3. The van der Waals surface area contributed by atoms with Crippen molar-refractivity contribution in [3.05, 3.63) is 6.20 Å². The molecule has 0 radical (unpaired) electrons. The van der Waals surface area contributed by atoms with Crippen LogP contribution in [0.2, 0.25) is 0 Å². The molecule has 1 amide bonds. The number of nitrogens with one attached hydrogen (secondary N) is 2. The van der Waals surface area contributed by atoms with Gasteiger partial charge in [0.15, 0.2) is 5.12 Å². The Hall–Kier alpha value is -1.61. The molecule has 9 heteroatoms. The highest BCUT2D eigenvalue weighted by molar-refractivity contribution is 8.13. The molecule has 1 aromatic heterocycles. The molecule has 0 saturated carbocycles. The summed E-state index contributed by atoms with van der Waals surface area (Å²) in [5.74, 6) is 0.580. The molecule has 1 aliphatic heterocycles. The van der Waals surface area contributed by atoms with Gasteiger partial charge in [-0.25, -0.2) is 0 Å². The summed E-state index contributed by atoms with van der Waals surface area (Å²) in [5.41, 5.74) is 0. The zero-order chi connectivity index (χ0) is 14.4. The molecular formula is C11H18N5O3S+. The SMILES string of the molecule is CC(=O)SCCC(=O)Nc1c[n+](N2CCNCC2)no1. The molecule has 20 heavy (non-hydrogen) atoms. The maximum absolute atomic E-state index is 11.6. The van der Waals surface area contributed by atoms with E-state index in [9.17, 15) is 9.59 Å². The summed E-state index contributed by atoms with van der Waals surface area (Å²) in [5, 5.41) is 11.8. The number of amides is 1. The van der Waals surface area contributed by atoms with Crippen LogP contribution in [-0.4, -0.2) is 48.2 Å². The first-order chi connectivity index (χ1) is 9.65. The summed E-state index contributed by atoms with van der Waals surface area (Å²) in [6.45, 7) is 4.93. The lowest BCUT2D eigenvalue weighted by atomic mass is 10.4. The largest absolute Gasteiger partial charge is 0.313 e. The van der Waals surface area contributed by atoms with Crippen LogP contribution in [0.25, 0.3) is 0 Å². The number of thioether (sulfide) groups is 1. The van der Waals surface area contributed by atoms with Crippen LogP contribution >= 0.6 is 11.8 Å². The van der Waals surface area contributed by atoms with Gasteiger partial charge in [-0.05, 0) is 0 Å². The van der Waals surface area contributed by atoms with E-state index in [4.69, 9.17) is 4.52 Å². The summed E-state index contributed by atoms with van der Waals surface area (Å²) in [4.78, 5) is 24.0. The van der Waals surface area contributed by atoms with E-state index >= 15 is 0 Å². The van der Waals surface area contributed by atoms with E-state index < -0.39 is 0 Å². The molecule has 1 aliphatic rings. The van der Waals surface area contributed by atoms with Gasteiger partial charge in [-0.15, -0.1) is 0 Å². The first-order valence-corrected chi connectivity index (χ1v) is 7.41. The maximum Gasteiger partial charge on any atom is 0.305 e. The van der Waals surface area contributed by atoms with Crippen LogP contribution in [0, 0.1) is 0 Å². The lowest BCUT2D eigenvalue weighted by Crippen LogP contribution is -2.64. The van der Waals surface area contributed by atoms with Gasteiger partial charge in [-0.1, -0.05) is 11.8 Å². The molecular weight excluding hydrogens is 282 g/mol. The predicted molar refractivity (Wildman–Crippen MR) is 73.9 cm³/mol. The number of piperazine rings is 1. The topological polar surface area (TPSA) is 91.4 Å². The van der Waals surface area contributed by atoms with Gasteiger partial charge in [0, 0.05) is 32.2 Å². The predicted octanol–water partition coefficient (Wildman–Crippen LogP) is -0.888. The molecule has 8 nitrogen and oxygen atoms in total. The third-order valence-electron chi connectivity index (χ3n) is 2.74. The van der Waals surface area contributed by atoms with E-state index in [2.05, 4.69) is 15.9 Å². The second-order valence-electron chi connectivity index (χ2n) is 4.33. The Labute approximate surface area is 120 Å². The minimum Gasteiger partial charge on any atom is -0.313 e. The van der Waals surface area contributed by atoms with Gasteiger partial charge >= 0.3 is 5.88 Å². The van der Waals surface area contributed by atoms with Crippen LogP contribution in [0.1, 0.15) is 13.3 Å². The van der Waals surface area contributed by atoms with Crippen molar-refractivity contribution >= 4 is 28.7 Å². The molecule has 0 atom stereocenters. The molecule has 0 unspecified atom stereocenters. The van der Waals surface area contributed by atoms with Crippen molar-refractivity contribution < 1.29 is 18.9 Å². The van der Waals surface area contributed by atoms with Crippen molar-refractivity contribution in [3.8, 4) is 0 Å². The Bertz CT molecular complexity index is 472. The van der Waals surface area contributed by atoms with Crippen molar-refractivity contribution in [1.29, 1.82) is 0 Å². The Kier molecular flexibility index (Phi) is 5.36. The van der Waals surface area contributed by atoms with E-state index in [1.807, 2.05) is 5.01 Å². The van der Waals surface area contributed by atoms with Crippen LogP contribution in [0.15, 0.2) is 10.7 Å². The van der Waals surface area contributed by atoms with Gasteiger partial charge in [0.05, 0.1) is 17.9 Å². The molecule has 0 aromatic carbocycles. The molecule has 0 spiro atoms. The molecule has 1 aromatic rings. The molecule has 1 fully saturated rings. The molecule has 2 heterocycles. The van der Waals surface area contributed by atoms with Gasteiger partial charge in [-0.3, -0.25) is 19.4 Å². The number of rotatable bonds is 5. The monoisotopic (exact) mass is 300 g/mol. The standard InChI is InChI=1S/C11H17N5O3S/c1-9(17)20-7-2-10(18)13-11-8-16(14-19-11)15-5-3-12-4-6-15/h8,12H,2-7H2,1H3/p+1. The highest BCUT2D eigenvalue weighted by Crippen LogP contribution is 2.06. The van der Waals surface area contributed by atoms with Crippen LogP contribution in [0.4, 0.5) is 5.88 Å². The fraction of sp³-hybridized carbons (Fsp3) is 0.636. The van der Waals surface area contributed by atoms with E-state index in [1.165, 1.54) is 6.92 Å². The first kappa shape index (κ1) is 14.8. The van der Waals surface area contributed by atoms with Gasteiger partial charge in [0.1, 0.15) is 0 Å². The van der Waals surface area contributed by atoms with Gasteiger partial charge in [0.2, 0.25) is 11.2 Å². The highest BCUT2D eigenvalue weighted by atomic mass is 32.2. The van der Waals surface area contributed by atoms with E-state index in [0.29, 0.717) is 11.6 Å². The van der Waals surface area contributed by atoms with E-state index in [1.54, 1.807) is 11.0 Å². The maximum atomic E-state index is 11.6. The summed E-state index contributed by atoms with van der Waals surface area (Å²) < 4.78 is 5.06. The summed E-state index contributed by atoms with van der Waals surface area (Å²) in [6.07, 6.45) is 1.90. The highest BCUT2D eigenvalue weighted by Gasteiger charge is 2.22. The normalized spacial score (nSPS) is 15.2. The van der Waals surface area contributed by atoms with E-state index in [0.717, 1.165) is 37.9 Å². The summed E-state index contributed by atoms with van der Waals surface area (Å²) >= 11 is 1.13. The van der Waals surface area contributed by atoms with Crippen molar-refractivity contribution in [2.75, 3.05) is 42.3 Å². The molecule has 110 valence electrons. The minimum atomic E-state index is -0.192. The van der Waals surface area contributed by atoms with Crippen LogP contribution < -0.4 is 20.4 Å². The van der Waals surface area contributed by atoms with Gasteiger partial charge in [0.25, 0.3) is 6.20 Å². The minimum absolute atomic E-state index is 0.00835. The second kappa shape index (κ2) is 7.25. The Morgan fingerprint density at radius 2 is 2.30 bits per heavy atom. The zero-order valence-corrected chi connectivity index (χ0v) is 12.1. The lowest BCUT2D eigenvalue weighted by Gasteiger charge is -2.19. The fourth-order valence-electron chi connectivity index (χ4n) is 1.77. The Morgan fingerprint density at radius 3 is 3.00 bits per heavy atom. The first-order valence-electron chi connectivity index (χ1n) is 6.43. The molecule has 0 aliphatic carbocycles. The molecule has 0 bridgehead atoms. The third-order valence-corrected chi connectivity index (χ3v) is 3.55. The fourth-order valence-corrected chi connectivity index (χ4v) is 2.35. The van der Waals surface area contributed by atoms with Crippen molar-refractivity contribution in [1.82, 2.24) is 10.6 Å². The summed E-state index contributed by atoms with van der Waals surface area (Å²) in [7, 11) is 0. The number of nitrogens with zero attached hydrogens (tertiary/aromatic N) is 3. The van der Waals surface area contributed by atoms with Crippen molar-refractivity contribution in [3.63, 3.8) is 0 Å².